The number of amides is 4. The Hall–Kier alpha value is -5.65. The zero-order valence-corrected chi connectivity index (χ0v) is 30.5. The van der Waals surface area contributed by atoms with Gasteiger partial charge in [-0.2, -0.15) is 5.01 Å². The molecule has 54 heavy (non-hydrogen) atoms. The Morgan fingerprint density at radius 1 is 0.907 bits per heavy atom. The molecule has 4 aliphatic rings. The van der Waals surface area contributed by atoms with E-state index in [9.17, 15) is 29.4 Å². The van der Waals surface area contributed by atoms with Crippen molar-refractivity contribution in [1.29, 1.82) is 0 Å². The van der Waals surface area contributed by atoms with E-state index < -0.39 is 64.6 Å². The number of carboxylic acid groups (broad SMARTS) is 1. The lowest BCUT2D eigenvalue weighted by atomic mass is 9.49. The number of aromatic carboxylic acids is 1. The van der Waals surface area contributed by atoms with Crippen LogP contribution in [0.25, 0.3) is 0 Å². The summed E-state index contributed by atoms with van der Waals surface area (Å²) in [5.74, 6) is -7.40. The number of carboxylic acids is 1. The van der Waals surface area contributed by atoms with E-state index in [4.69, 9.17) is 27.9 Å². The predicted molar refractivity (Wildman–Crippen MR) is 199 cm³/mol. The monoisotopic (exact) mass is 765 g/mol. The molecule has 274 valence electrons. The number of imide groups is 2. The number of aromatic hydroxyl groups is 1. The maximum Gasteiger partial charge on any atom is 0.335 e. The molecule has 4 aromatic rings. The molecule has 2 aliphatic carbocycles. The SMILES string of the molecule is COc1ccc([C@@]23C(=O)N(Nc4ccc(Cl)cc4Cl)C(=O)[C@@H]2C[C@@H]2C(=CC[C@@H]4C(=O)N(c5cccc(C(=O)O)c5)C(=O)[C@@H]42)[C@@H]3c2cccc(C)c2O)cc1. The van der Waals surface area contributed by atoms with Gasteiger partial charge in [0.1, 0.15) is 11.5 Å². The van der Waals surface area contributed by atoms with Crippen LogP contribution in [-0.2, 0) is 24.6 Å². The third kappa shape index (κ3) is 5.13. The van der Waals surface area contributed by atoms with E-state index in [0.29, 0.717) is 33.0 Å². The number of phenolic OH excluding ortho intramolecular Hbond substituents is 1. The van der Waals surface area contributed by atoms with Crippen molar-refractivity contribution >= 4 is 64.2 Å². The third-order valence-electron chi connectivity index (χ3n) is 11.5. The van der Waals surface area contributed by atoms with Gasteiger partial charge in [-0.05, 0) is 85.3 Å². The standard InChI is InChI=1S/C41H33Cl2N3O8/c1-20-5-3-8-28(35(20)47)34-26-14-15-27-33(38(50)45(36(27)48)24-7-4-6-21(17-24)39(51)52)29(26)19-30-37(49)46(44-32-16-11-23(42)18-31(32)43)40(53)41(30,34)22-9-12-25(54-2)13-10-22/h3-14,16-18,27,29-30,33-34,44,47H,15,19H2,1-2H3,(H,51,52)/t27-,29+,30-,33-,34+,41+/m0/s1. The van der Waals surface area contributed by atoms with Gasteiger partial charge >= 0.3 is 5.97 Å². The van der Waals surface area contributed by atoms with E-state index in [2.05, 4.69) is 5.43 Å². The number of nitrogens with one attached hydrogen (secondary N) is 1. The number of hydrogen-bond donors (Lipinski definition) is 3. The quantitative estimate of drug-likeness (QED) is 0.135. The Morgan fingerprint density at radius 3 is 2.35 bits per heavy atom. The second-order valence-corrected chi connectivity index (χ2v) is 14.9. The Morgan fingerprint density at radius 2 is 1.65 bits per heavy atom. The van der Waals surface area contributed by atoms with E-state index in [1.807, 2.05) is 6.08 Å². The second-order valence-electron chi connectivity index (χ2n) is 14.1. The number of methoxy groups -OCH3 is 1. The average molecular weight is 767 g/mol. The minimum atomic E-state index is -1.64. The molecule has 11 nitrogen and oxygen atoms in total. The molecule has 6 atom stereocenters. The van der Waals surface area contributed by atoms with Crippen LogP contribution in [0.5, 0.6) is 11.5 Å². The largest absolute Gasteiger partial charge is 0.507 e. The molecule has 1 saturated carbocycles. The van der Waals surface area contributed by atoms with Gasteiger partial charge < -0.3 is 14.9 Å². The summed E-state index contributed by atoms with van der Waals surface area (Å²) in [5, 5.41) is 22.9. The zero-order valence-electron chi connectivity index (χ0n) is 29.0. The average Bonchev–Trinajstić information content (AvgIpc) is 3.54. The van der Waals surface area contributed by atoms with Gasteiger partial charge in [0.2, 0.25) is 11.8 Å². The fraction of sp³-hybridized carbons (Fsp3) is 0.244. The normalized spacial score (nSPS) is 25.9. The van der Waals surface area contributed by atoms with Crippen LogP contribution in [0.4, 0.5) is 11.4 Å². The number of anilines is 2. The number of para-hydroxylation sites is 1. The van der Waals surface area contributed by atoms with Crippen LogP contribution in [0.3, 0.4) is 0 Å². The Labute approximate surface area is 319 Å². The molecule has 0 aromatic heterocycles. The van der Waals surface area contributed by atoms with E-state index in [0.717, 1.165) is 9.91 Å². The van der Waals surface area contributed by atoms with Crippen LogP contribution in [-0.4, -0.2) is 51.9 Å². The molecule has 13 heteroatoms. The summed E-state index contributed by atoms with van der Waals surface area (Å²) in [6.45, 7) is 1.74. The van der Waals surface area contributed by atoms with E-state index in [1.54, 1.807) is 61.5 Å². The summed E-state index contributed by atoms with van der Waals surface area (Å²) < 4.78 is 5.45. The van der Waals surface area contributed by atoms with Gasteiger partial charge in [-0.15, -0.1) is 0 Å². The molecule has 0 bridgehead atoms. The number of ether oxygens (including phenoxy) is 1. The summed E-state index contributed by atoms with van der Waals surface area (Å²) in [7, 11) is 1.52. The van der Waals surface area contributed by atoms with E-state index in [1.165, 1.54) is 37.4 Å². The number of halogens is 2. The summed E-state index contributed by atoms with van der Waals surface area (Å²) >= 11 is 12.7. The van der Waals surface area contributed by atoms with Crippen LogP contribution in [0.2, 0.25) is 10.0 Å². The Kier molecular flexibility index (Phi) is 8.54. The molecule has 2 saturated heterocycles. The van der Waals surface area contributed by atoms with Crippen molar-refractivity contribution in [3.05, 3.63) is 129 Å². The summed E-state index contributed by atoms with van der Waals surface area (Å²) in [4.78, 5) is 71.8. The first kappa shape index (κ1) is 35.4. The lowest BCUT2D eigenvalue weighted by Gasteiger charge is -2.50. The minimum Gasteiger partial charge on any atom is -0.507 e. The highest BCUT2D eigenvalue weighted by molar-refractivity contribution is 6.36. The number of hydrazine groups is 1. The molecule has 0 spiro atoms. The Balaban J connectivity index is 1.33. The number of phenols is 1. The van der Waals surface area contributed by atoms with Gasteiger partial charge in [0.25, 0.3) is 11.8 Å². The molecular weight excluding hydrogens is 733 g/mol. The highest BCUT2D eigenvalue weighted by atomic mass is 35.5. The number of allylic oxidation sites excluding steroid dienone is 2. The lowest BCUT2D eigenvalue weighted by Crippen LogP contribution is -2.53. The fourth-order valence-corrected chi connectivity index (χ4v) is 9.59. The van der Waals surface area contributed by atoms with Crippen LogP contribution in [0.15, 0.2) is 96.6 Å². The van der Waals surface area contributed by atoms with Crippen molar-refractivity contribution in [2.45, 2.75) is 31.1 Å². The van der Waals surface area contributed by atoms with Crippen LogP contribution < -0.4 is 15.1 Å². The number of nitrogens with zero attached hydrogens (tertiary/aromatic N) is 2. The third-order valence-corrected chi connectivity index (χ3v) is 12.1. The van der Waals surface area contributed by atoms with Gasteiger partial charge in [-0.1, -0.05) is 71.2 Å². The molecule has 2 aliphatic heterocycles. The van der Waals surface area contributed by atoms with Crippen LogP contribution in [0.1, 0.15) is 45.8 Å². The topological polar surface area (TPSA) is 154 Å². The highest BCUT2D eigenvalue weighted by Gasteiger charge is 2.70. The molecule has 3 fully saturated rings. The molecule has 4 amide bonds. The number of benzene rings is 4. The molecule has 0 radical (unpaired) electrons. The smallest absolute Gasteiger partial charge is 0.335 e. The molecule has 3 N–H and O–H groups in total. The van der Waals surface area contributed by atoms with Gasteiger partial charge in [-0.3, -0.25) is 29.5 Å². The zero-order chi connectivity index (χ0) is 38.2. The summed E-state index contributed by atoms with van der Waals surface area (Å²) in [6, 6.07) is 22.4. The van der Waals surface area contributed by atoms with Crippen molar-refractivity contribution in [2.75, 3.05) is 17.4 Å². The highest BCUT2D eigenvalue weighted by Crippen LogP contribution is 2.65. The molecular formula is C41H33Cl2N3O8. The van der Waals surface area contributed by atoms with Crippen molar-refractivity contribution in [3.63, 3.8) is 0 Å². The van der Waals surface area contributed by atoms with Crippen molar-refractivity contribution in [1.82, 2.24) is 5.01 Å². The lowest BCUT2D eigenvalue weighted by molar-refractivity contribution is -0.138. The molecule has 8 rings (SSSR count). The minimum absolute atomic E-state index is 0.0151. The first-order chi connectivity index (χ1) is 25.9. The predicted octanol–water partition coefficient (Wildman–Crippen LogP) is 6.90. The molecule has 4 aromatic carbocycles. The number of hydrogen-bond acceptors (Lipinski definition) is 8. The van der Waals surface area contributed by atoms with Crippen molar-refractivity contribution in [2.24, 2.45) is 23.7 Å². The van der Waals surface area contributed by atoms with E-state index in [-0.39, 0.29) is 40.6 Å². The van der Waals surface area contributed by atoms with Crippen molar-refractivity contribution in [3.8, 4) is 11.5 Å². The van der Waals surface area contributed by atoms with Gasteiger partial charge in [0.05, 0.1) is 52.2 Å². The van der Waals surface area contributed by atoms with Crippen molar-refractivity contribution < 1.29 is 38.9 Å². The Bertz CT molecular complexity index is 2330. The van der Waals surface area contributed by atoms with Gasteiger partial charge in [0.15, 0.2) is 0 Å². The van der Waals surface area contributed by atoms with Gasteiger partial charge in [0, 0.05) is 16.5 Å². The van der Waals surface area contributed by atoms with Crippen LogP contribution >= 0.6 is 23.2 Å². The first-order valence-electron chi connectivity index (χ1n) is 17.3. The summed E-state index contributed by atoms with van der Waals surface area (Å²) in [5.41, 5.74) is 3.70. The van der Waals surface area contributed by atoms with Gasteiger partial charge in [-0.25, -0.2) is 4.79 Å². The van der Waals surface area contributed by atoms with E-state index >= 15 is 4.79 Å². The van der Waals surface area contributed by atoms with Crippen LogP contribution in [0, 0.1) is 30.6 Å². The second kappa shape index (κ2) is 13.0. The number of aryl methyl sites for hydroxylation is 1. The maximum absolute atomic E-state index is 15.4. The first-order valence-corrected chi connectivity index (χ1v) is 18.1. The molecule has 2 heterocycles. The fourth-order valence-electron chi connectivity index (χ4n) is 9.14. The number of carbonyl (C=O) groups excluding carboxylic acids is 4. The summed E-state index contributed by atoms with van der Waals surface area (Å²) in [6.07, 6.45) is 2.04. The number of fused-ring (bicyclic) bond motifs is 4. The molecule has 0 unspecified atom stereocenters. The number of carbonyl (C=O) groups is 5. The maximum atomic E-state index is 15.4. The number of rotatable bonds is 7.